The fourth-order valence-electron chi connectivity index (χ4n) is 3.44. The number of aromatic nitrogens is 1. The van der Waals surface area contributed by atoms with E-state index in [2.05, 4.69) is 11.8 Å². The molecule has 0 saturated carbocycles. The highest BCUT2D eigenvalue weighted by Gasteiger charge is 2.24. The van der Waals surface area contributed by atoms with Gasteiger partial charge in [0.2, 0.25) is 5.89 Å². The molecule has 1 aromatic carbocycles. The second kappa shape index (κ2) is 6.85. The minimum Gasteiger partial charge on any atom is -0.496 e. The van der Waals surface area contributed by atoms with Crippen LogP contribution in [0.25, 0.3) is 11.5 Å². The molecule has 1 atom stereocenters. The molecule has 2 aromatic rings. The van der Waals surface area contributed by atoms with Gasteiger partial charge in [-0.1, -0.05) is 0 Å². The van der Waals surface area contributed by atoms with E-state index in [-0.39, 0.29) is 0 Å². The zero-order valence-electron chi connectivity index (χ0n) is 15.2. The lowest BCUT2D eigenvalue weighted by Crippen LogP contribution is -2.26. The Balaban J connectivity index is 1.93. The first-order chi connectivity index (χ1) is 11.5. The van der Waals surface area contributed by atoms with E-state index in [1.54, 1.807) is 14.2 Å². The molecule has 5 nitrogen and oxygen atoms in total. The standard InChI is InChI=1S/C19H26N2O3/c1-12-7-6-10-21(12)11-16-14(3)24-19(20-16)15-8-9-17(22-4)13(2)18(15)23-5/h8-9,12H,6-7,10-11H2,1-5H3. The first-order valence-corrected chi connectivity index (χ1v) is 8.47. The Hall–Kier alpha value is -2.01. The third-order valence-corrected chi connectivity index (χ3v) is 4.95. The molecule has 2 heterocycles. The molecule has 5 heteroatoms. The summed E-state index contributed by atoms with van der Waals surface area (Å²) in [5, 5.41) is 0. The lowest BCUT2D eigenvalue weighted by atomic mass is 10.1. The molecule has 3 rings (SSSR count). The molecule has 1 unspecified atom stereocenters. The van der Waals surface area contributed by atoms with Crippen molar-refractivity contribution in [1.29, 1.82) is 0 Å². The van der Waals surface area contributed by atoms with Crippen molar-refractivity contribution in [3.05, 3.63) is 29.2 Å². The Kier molecular flexibility index (Phi) is 4.81. The number of oxazole rings is 1. The molecule has 1 aliphatic rings. The first-order valence-electron chi connectivity index (χ1n) is 8.47. The van der Waals surface area contributed by atoms with Gasteiger partial charge in [-0.05, 0) is 52.3 Å². The Bertz CT molecular complexity index is 724. The highest BCUT2D eigenvalue weighted by atomic mass is 16.5. The van der Waals surface area contributed by atoms with Gasteiger partial charge in [-0.25, -0.2) is 4.98 Å². The molecule has 1 aliphatic heterocycles. The van der Waals surface area contributed by atoms with E-state index in [1.165, 1.54) is 12.8 Å². The maximum absolute atomic E-state index is 5.96. The molecule has 130 valence electrons. The number of hydrogen-bond donors (Lipinski definition) is 0. The maximum atomic E-state index is 5.96. The van der Waals surface area contributed by atoms with Crippen LogP contribution in [-0.2, 0) is 6.54 Å². The number of methoxy groups -OCH3 is 2. The summed E-state index contributed by atoms with van der Waals surface area (Å²) < 4.78 is 16.9. The highest BCUT2D eigenvalue weighted by molar-refractivity contribution is 5.68. The van der Waals surface area contributed by atoms with Gasteiger partial charge in [0.1, 0.15) is 17.3 Å². The van der Waals surface area contributed by atoms with E-state index in [4.69, 9.17) is 18.9 Å². The van der Waals surface area contributed by atoms with E-state index < -0.39 is 0 Å². The molecule has 0 bridgehead atoms. The van der Waals surface area contributed by atoms with E-state index >= 15 is 0 Å². The molecule has 0 aliphatic carbocycles. The van der Waals surface area contributed by atoms with Crippen molar-refractivity contribution in [3.8, 4) is 23.0 Å². The van der Waals surface area contributed by atoms with Gasteiger partial charge in [0.15, 0.2) is 0 Å². The summed E-state index contributed by atoms with van der Waals surface area (Å²) in [6.07, 6.45) is 2.52. The summed E-state index contributed by atoms with van der Waals surface area (Å²) in [4.78, 5) is 7.22. The van der Waals surface area contributed by atoms with Crippen molar-refractivity contribution < 1.29 is 13.9 Å². The number of ether oxygens (including phenoxy) is 2. The van der Waals surface area contributed by atoms with Gasteiger partial charge in [0.25, 0.3) is 0 Å². The zero-order valence-corrected chi connectivity index (χ0v) is 15.2. The minimum absolute atomic E-state index is 0.608. The monoisotopic (exact) mass is 330 g/mol. The number of nitrogens with zero attached hydrogens (tertiary/aromatic N) is 2. The fraction of sp³-hybridized carbons (Fsp3) is 0.526. The van der Waals surface area contributed by atoms with Gasteiger partial charge in [-0.2, -0.15) is 0 Å². The van der Waals surface area contributed by atoms with Gasteiger partial charge in [0.05, 0.1) is 25.5 Å². The normalized spacial score (nSPS) is 18.1. The topological polar surface area (TPSA) is 47.7 Å². The van der Waals surface area contributed by atoms with E-state index in [1.807, 2.05) is 26.0 Å². The smallest absolute Gasteiger partial charge is 0.230 e. The van der Waals surface area contributed by atoms with Gasteiger partial charge >= 0.3 is 0 Å². The predicted molar refractivity (Wildman–Crippen MR) is 93.6 cm³/mol. The number of benzene rings is 1. The van der Waals surface area contributed by atoms with Gasteiger partial charge in [-0.15, -0.1) is 0 Å². The summed E-state index contributed by atoms with van der Waals surface area (Å²) in [5.74, 6) is 3.03. The highest BCUT2D eigenvalue weighted by Crippen LogP contribution is 2.38. The van der Waals surface area contributed by atoms with E-state index in [0.29, 0.717) is 11.9 Å². The summed E-state index contributed by atoms with van der Waals surface area (Å²) in [6.45, 7) is 8.21. The Labute approximate surface area is 143 Å². The van der Waals surface area contributed by atoms with Crippen molar-refractivity contribution in [2.75, 3.05) is 20.8 Å². The van der Waals surface area contributed by atoms with Crippen molar-refractivity contribution in [2.45, 2.75) is 46.2 Å². The minimum atomic E-state index is 0.608. The molecular formula is C19H26N2O3. The van der Waals surface area contributed by atoms with Crippen LogP contribution in [0.15, 0.2) is 16.5 Å². The summed E-state index contributed by atoms with van der Waals surface area (Å²) in [5.41, 5.74) is 2.82. The van der Waals surface area contributed by atoms with E-state index in [0.717, 1.165) is 47.2 Å². The van der Waals surface area contributed by atoms with Crippen LogP contribution >= 0.6 is 0 Å². The van der Waals surface area contributed by atoms with Crippen LogP contribution in [0.1, 0.15) is 36.8 Å². The van der Waals surface area contributed by atoms with Gasteiger partial charge in [-0.3, -0.25) is 4.90 Å². The molecule has 24 heavy (non-hydrogen) atoms. The van der Waals surface area contributed by atoms with E-state index in [9.17, 15) is 0 Å². The lowest BCUT2D eigenvalue weighted by molar-refractivity contribution is 0.256. The van der Waals surface area contributed by atoms with Crippen LogP contribution in [0.3, 0.4) is 0 Å². The molecule has 1 aromatic heterocycles. The predicted octanol–water partition coefficient (Wildman–Crippen LogP) is 3.96. The Morgan fingerprint density at radius 1 is 1.25 bits per heavy atom. The van der Waals surface area contributed by atoms with Crippen molar-refractivity contribution in [3.63, 3.8) is 0 Å². The fourth-order valence-corrected chi connectivity index (χ4v) is 3.44. The zero-order chi connectivity index (χ0) is 17.3. The van der Waals surface area contributed by atoms with Crippen LogP contribution < -0.4 is 9.47 Å². The number of likely N-dealkylation sites (tertiary alicyclic amines) is 1. The Morgan fingerprint density at radius 3 is 2.67 bits per heavy atom. The lowest BCUT2D eigenvalue weighted by Gasteiger charge is -2.19. The average Bonchev–Trinajstić information content (AvgIpc) is 3.14. The van der Waals surface area contributed by atoms with Crippen molar-refractivity contribution in [1.82, 2.24) is 9.88 Å². The maximum Gasteiger partial charge on any atom is 0.230 e. The third-order valence-electron chi connectivity index (χ3n) is 4.95. The van der Waals surface area contributed by atoms with Crippen molar-refractivity contribution in [2.24, 2.45) is 0 Å². The SMILES string of the molecule is COc1ccc(-c2nc(CN3CCCC3C)c(C)o2)c(OC)c1C. The Morgan fingerprint density at radius 2 is 2.04 bits per heavy atom. The number of hydrogen-bond acceptors (Lipinski definition) is 5. The molecule has 0 N–H and O–H groups in total. The number of rotatable bonds is 5. The average molecular weight is 330 g/mol. The van der Waals surface area contributed by atoms with Gasteiger partial charge < -0.3 is 13.9 Å². The van der Waals surface area contributed by atoms with Crippen molar-refractivity contribution >= 4 is 0 Å². The van der Waals surface area contributed by atoms with Crippen LogP contribution in [0.5, 0.6) is 11.5 Å². The molecule has 0 radical (unpaired) electrons. The summed E-state index contributed by atoms with van der Waals surface area (Å²) >= 11 is 0. The molecule has 0 amide bonds. The quantitative estimate of drug-likeness (QED) is 0.830. The summed E-state index contributed by atoms with van der Waals surface area (Å²) in [7, 11) is 3.32. The molecule has 1 fully saturated rings. The van der Waals surface area contributed by atoms with Crippen LogP contribution in [0, 0.1) is 13.8 Å². The summed E-state index contributed by atoms with van der Waals surface area (Å²) in [6, 6.07) is 4.48. The van der Waals surface area contributed by atoms with Crippen LogP contribution in [-0.4, -0.2) is 36.7 Å². The number of aryl methyl sites for hydroxylation is 1. The molecule has 1 saturated heterocycles. The molecule has 0 spiro atoms. The van der Waals surface area contributed by atoms with Crippen LogP contribution in [0.4, 0.5) is 0 Å². The third kappa shape index (κ3) is 3.00. The van der Waals surface area contributed by atoms with Gasteiger partial charge in [0, 0.05) is 18.2 Å². The first kappa shape index (κ1) is 16.8. The molecular weight excluding hydrogens is 304 g/mol. The largest absolute Gasteiger partial charge is 0.496 e. The van der Waals surface area contributed by atoms with Crippen LogP contribution in [0.2, 0.25) is 0 Å². The second-order valence-electron chi connectivity index (χ2n) is 6.46. The second-order valence-corrected chi connectivity index (χ2v) is 6.46.